The van der Waals surface area contributed by atoms with Crippen molar-refractivity contribution in [3.8, 4) is 0 Å². The Bertz CT molecular complexity index is 806. The van der Waals surface area contributed by atoms with E-state index in [1.165, 1.54) is 18.3 Å². The minimum atomic E-state index is -3.96. The second-order valence-electron chi connectivity index (χ2n) is 8.02. The summed E-state index contributed by atoms with van der Waals surface area (Å²) in [7, 11) is -3.96. The summed E-state index contributed by atoms with van der Waals surface area (Å²) in [6.45, 7) is 0. The molecule has 1 aromatic rings. The smallest absolute Gasteiger partial charge is 0.255 e. The predicted molar refractivity (Wildman–Crippen MR) is 101 cm³/mol. The van der Waals surface area contributed by atoms with Crippen molar-refractivity contribution in [3.63, 3.8) is 0 Å². The van der Waals surface area contributed by atoms with Crippen LogP contribution in [0.1, 0.15) is 57.8 Å². The first kappa shape index (κ1) is 21.1. The van der Waals surface area contributed by atoms with Crippen LogP contribution in [0.3, 0.4) is 0 Å². The van der Waals surface area contributed by atoms with Gasteiger partial charge >= 0.3 is 0 Å². The van der Waals surface area contributed by atoms with E-state index in [0.717, 1.165) is 32.1 Å². The fourth-order valence-corrected chi connectivity index (χ4v) is 5.09. The van der Waals surface area contributed by atoms with Gasteiger partial charge < -0.3 is 5.32 Å². The molecule has 3 rings (SSSR count). The minimum absolute atomic E-state index is 0.0816. The molecule has 1 heterocycles. The van der Waals surface area contributed by atoms with Crippen LogP contribution in [0.15, 0.2) is 23.4 Å². The molecule has 9 heteroatoms. The summed E-state index contributed by atoms with van der Waals surface area (Å²) in [6, 6.07) is 2.75. The zero-order chi connectivity index (χ0) is 20.4. The van der Waals surface area contributed by atoms with Gasteiger partial charge in [-0.15, -0.1) is 0 Å². The van der Waals surface area contributed by atoms with Crippen molar-refractivity contribution in [2.45, 2.75) is 68.7 Å². The number of nitrogens with zero attached hydrogens (tertiary/aromatic N) is 1. The molecule has 2 aliphatic rings. The van der Waals surface area contributed by atoms with Crippen LogP contribution >= 0.6 is 0 Å². The summed E-state index contributed by atoms with van der Waals surface area (Å²) in [5.41, 5.74) is 0.321. The number of nitrogens with two attached hydrogens (primary N) is 1. The lowest BCUT2D eigenvalue weighted by Crippen LogP contribution is -2.36. The van der Waals surface area contributed by atoms with Crippen LogP contribution in [0.25, 0.3) is 0 Å². The van der Waals surface area contributed by atoms with Crippen LogP contribution in [0.2, 0.25) is 0 Å². The lowest BCUT2D eigenvalue weighted by atomic mass is 9.71. The number of alkyl halides is 2. The van der Waals surface area contributed by atoms with Crippen molar-refractivity contribution in [1.29, 1.82) is 0 Å². The Kier molecular flexibility index (Phi) is 6.34. The lowest BCUT2D eigenvalue weighted by Gasteiger charge is -2.36. The van der Waals surface area contributed by atoms with Gasteiger partial charge in [-0.05, 0) is 43.6 Å². The maximum Gasteiger partial charge on any atom is 0.255 e. The maximum atomic E-state index is 13.6. The number of halogens is 2. The maximum absolute atomic E-state index is 13.6. The highest BCUT2D eigenvalue weighted by Crippen LogP contribution is 2.45. The van der Waals surface area contributed by atoms with E-state index in [2.05, 4.69) is 10.3 Å². The highest BCUT2D eigenvalue weighted by atomic mass is 32.2. The molecular weight excluding hydrogens is 388 g/mol. The van der Waals surface area contributed by atoms with Crippen LogP contribution in [0.4, 0.5) is 14.5 Å². The molecule has 1 unspecified atom stereocenters. The van der Waals surface area contributed by atoms with Crippen molar-refractivity contribution in [2.75, 3.05) is 5.32 Å². The highest BCUT2D eigenvalue weighted by Gasteiger charge is 2.41. The van der Waals surface area contributed by atoms with E-state index in [1.807, 2.05) is 0 Å². The van der Waals surface area contributed by atoms with E-state index in [-0.39, 0.29) is 41.5 Å². The van der Waals surface area contributed by atoms with Crippen molar-refractivity contribution >= 4 is 21.6 Å². The molecular formula is C19H27F2N3O3S. The highest BCUT2D eigenvalue weighted by molar-refractivity contribution is 7.89. The molecule has 0 radical (unpaired) electrons. The monoisotopic (exact) mass is 415 g/mol. The Balaban J connectivity index is 1.74. The number of rotatable bonds is 4. The third-order valence-corrected chi connectivity index (χ3v) is 6.87. The molecule has 1 aromatic heterocycles. The average Bonchev–Trinajstić information content (AvgIpc) is 2.87. The summed E-state index contributed by atoms with van der Waals surface area (Å²) in [5.74, 6) is -2.81. The van der Waals surface area contributed by atoms with Gasteiger partial charge in [0.1, 0.15) is 0 Å². The number of sulfonamides is 1. The molecule has 156 valence electrons. The van der Waals surface area contributed by atoms with Crippen molar-refractivity contribution in [2.24, 2.45) is 22.9 Å². The van der Waals surface area contributed by atoms with Gasteiger partial charge in [0, 0.05) is 36.7 Å². The summed E-state index contributed by atoms with van der Waals surface area (Å²) < 4.78 is 50.1. The van der Waals surface area contributed by atoms with E-state index in [1.54, 1.807) is 0 Å². The van der Waals surface area contributed by atoms with Gasteiger partial charge in [-0.25, -0.2) is 27.3 Å². The first-order valence-corrected chi connectivity index (χ1v) is 11.4. The first-order chi connectivity index (χ1) is 13.2. The van der Waals surface area contributed by atoms with Crippen molar-refractivity contribution < 1.29 is 22.0 Å². The number of carbonyl (C=O) groups excluding carboxylic acids is 1. The van der Waals surface area contributed by atoms with Crippen molar-refractivity contribution in [1.82, 2.24) is 4.98 Å². The molecule has 2 atom stereocenters. The molecule has 0 aliphatic heterocycles. The Morgan fingerprint density at radius 3 is 2.50 bits per heavy atom. The fraction of sp³-hybridized carbons (Fsp3) is 0.684. The fourth-order valence-electron chi connectivity index (χ4n) is 4.59. The van der Waals surface area contributed by atoms with Crippen LogP contribution in [-0.2, 0) is 14.8 Å². The standard InChI is InChI=1S/C19H27F2N3O3S/c20-19(21)9-6-13(7-10-19)15-4-2-1-3-5-16(15)18(25)24-14-8-11-23-17(12-14)28(22,26)27/h8,11-13,15-16H,1-7,9-10H2,(H2,22,26,27)(H,23,24,25)/t15-,16?/m0/s1. The summed E-state index contributed by atoms with van der Waals surface area (Å²) >= 11 is 0. The number of amides is 1. The van der Waals surface area contributed by atoms with Crippen LogP contribution in [-0.4, -0.2) is 25.2 Å². The zero-order valence-corrected chi connectivity index (χ0v) is 16.6. The van der Waals surface area contributed by atoms with E-state index >= 15 is 0 Å². The minimum Gasteiger partial charge on any atom is -0.326 e. The molecule has 6 nitrogen and oxygen atoms in total. The Morgan fingerprint density at radius 1 is 1.14 bits per heavy atom. The molecule has 3 N–H and O–H groups in total. The predicted octanol–water partition coefficient (Wildman–Crippen LogP) is 3.69. The lowest BCUT2D eigenvalue weighted by molar-refractivity contribution is -0.123. The molecule has 0 aromatic carbocycles. The van der Waals surface area contributed by atoms with Gasteiger partial charge in [-0.3, -0.25) is 4.79 Å². The van der Waals surface area contributed by atoms with Crippen LogP contribution in [0.5, 0.6) is 0 Å². The molecule has 2 aliphatic carbocycles. The molecule has 2 saturated carbocycles. The molecule has 28 heavy (non-hydrogen) atoms. The van der Waals surface area contributed by atoms with Gasteiger partial charge in [-0.2, -0.15) is 0 Å². The van der Waals surface area contributed by atoms with Gasteiger partial charge in [0.2, 0.25) is 11.8 Å². The second-order valence-corrected chi connectivity index (χ2v) is 9.53. The third kappa shape index (κ3) is 5.26. The SMILES string of the molecule is NS(=O)(=O)c1cc(NC(=O)C2CCCCC[C@H]2C2CCC(F)(F)CC2)ccn1. The average molecular weight is 416 g/mol. The summed E-state index contributed by atoms with van der Waals surface area (Å²) in [4.78, 5) is 16.7. The quantitative estimate of drug-likeness (QED) is 0.732. The zero-order valence-electron chi connectivity index (χ0n) is 15.7. The van der Waals surface area contributed by atoms with Gasteiger partial charge in [-0.1, -0.05) is 19.3 Å². The number of aromatic nitrogens is 1. The first-order valence-electron chi connectivity index (χ1n) is 9.83. The van der Waals surface area contributed by atoms with E-state index in [4.69, 9.17) is 5.14 Å². The third-order valence-electron chi connectivity index (χ3n) is 6.07. The summed E-state index contributed by atoms with van der Waals surface area (Å²) in [5, 5.41) is 7.58. The topological polar surface area (TPSA) is 102 Å². The van der Waals surface area contributed by atoms with Gasteiger partial charge in [0.15, 0.2) is 5.03 Å². The molecule has 0 saturated heterocycles. The molecule has 0 bridgehead atoms. The normalized spacial score (nSPS) is 26.4. The number of carbonyl (C=O) groups is 1. The number of pyridine rings is 1. The number of hydrogen-bond donors (Lipinski definition) is 2. The van der Waals surface area contributed by atoms with Gasteiger partial charge in [0.05, 0.1) is 0 Å². The number of anilines is 1. The summed E-state index contributed by atoms with van der Waals surface area (Å²) in [6.07, 6.45) is 6.52. The van der Waals surface area contributed by atoms with E-state index in [9.17, 15) is 22.0 Å². The van der Waals surface area contributed by atoms with Crippen LogP contribution in [0, 0.1) is 17.8 Å². The van der Waals surface area contributed by atoms with E-state index in [0.29, 0.717) is 18.5 Å². The molecule has 1 amide bonds. The number of hydrogen-bond acceptors (Lipinski definition) is 4. The largest absolute Gasteiger partial charge is 0.326 e. The Labute approximate surface area is 164 Å². The molecule has 0 spiro atoms. The number of nitrogens with one attached hydrogen (secondary N) is 1. The molecule has 2 fully saturated rings. The number of primary sulfonamides is 1. The van der Waals surface area contributed by atoms with Gasteiger partial charge in [0.25, 0.3) is 10.0 Å². The van der Waals surface area contributed by atoms with Crippen molar-refractivity contribution in [3.05, 3.63) is 18.3 Å². The van der Waals surface area contributed by atoms with Crippen LogP contribution < -0.4 is 10.5 Å². The second kappa shape index (κ2) is 8.41. The van der Waals surface area contributed by atoms with E-state index < -0.39 is 15.9 Å². The Hall–Kier alpha value is -1.61. The Morgan fingerprint density at radius 2 is 1.82 bits per heavy atom.